The Hall–Kier alpha value is -2.74. The maximum Gasteiger partial charge on any atom is 0.338 e. The highest BCUT2D eigenvalue weighted by molar-refractivity contribution is 5.97. The lowest BCUT2D eigenvalue weighted by Gasteiger charge is -2.36. The molecule has 4 rings (SSSR count). The van der Waals surface area contributed by atoms with E-state index < -0.39 is 11.8 Å². The van der Waals surface area contributed by atoms with Gasteiger partial charge in [0.25, 0.3) is 5.91 Å². The predicted molar refractivity (Wildman–Crippen MR) is 111 cm³/mol. The van der Waals surface area contributed by atoms with E-state index in [0.717, 1.165) is 36.7 Å². The molecule has 0 atom stereocenters. The van der Waals surface area contributed by atoms with Crippen LogP contribution in [0, 0.1) is 11.2 Å². The number of aromatic nitrogens is 2. The second-order valence-electron chi connectivity index (χ2n) is 8.32. The van der Waals surface area contributed by atoms with Crippen LogP contribution in [0.3, 0.4) is 0 Å². The van der Waals surface area contributed by atoms with Gasteiger partial charge >= 0.3 is 5.97 Å². The van der Waals surface area contributed by atoms with Crippen LogP contribution >= 0.6 is 0 Å². The fraction of sp³-hybridized carbons (Fsp3) is 0.522. The molecule has 0 aliphatic carbocycles. The summed E-state index contributed by atoms with van der Waals surface area (Å²) in [5, 5.41) is 7.81. The van der Waals surface area contributed by atoms with Gasteiger partial charge in [-0.1, -0.05) is 13.0 Å². The minimum atomic E-state index is -0.548. The van der Waals surface area contributed by atoms with Gasteiger partial charge in [-0.2, -0.15) is 5.10 Å². The number of fused-ring (bicyclic) bond motifs is 1. The minimum Gasteiger partial charge on any atom is -0.462 e. The summed E-state index contributed by atoms with van der Waals surface area (Å²) in [5.74, 6) is -1.08. The van der Waals surface area contributed by atoms with E-state index in [2.05, 4.69) is 5.32 Å². The summed E-state index contributed by atoms with van der Waals surface area (Å²) >= 11 is 0. The largest absolute Gasteiger partial charge is 0.462 e. The monoisotopic (exact) mass is 429 g/mol. The van der Waals surface area contributed by atoms with Gasteiger partial charge in [0.2, 0.25) is 0 Å². The molecule has 1 aromatic carbocycles. The van der Waals surface area contributed by atoms with E-state index in [9.17, 15) is 14.0 Å². The molecule has 2 aliphatic rings. The van der Waals surface area contributed by atoms with Crippen LogP contribution in [0.2, 0.25) is 0 Å². The molecule has 0 saturated carbocycles. The first-order valence-corrected chi connectivity index (χ1v) is 10.9. The van der Waals surface area contributed by atoms with Gasteiger partial charge in [-0.05, 0) is 49.3 Å². The molecule has 8 heteroatoms. The van der Waals surface area contributed by atoms with Gasteiger partial charge < -0.3 is 14.8 Å². The molecule has 31 heavy (non-hydrogen) atoms. The normalized spacial score (nSPS) is 17.7. The van der Waals surface area contributed by atoms with E-state index >= 15 is 0 Å². The van der Waals surface area contributed by atoms with Crippen molar-refractivity contribution in [2.45, 2.75) is 45.6 Å². The summed E-state index contributed by atoms with van der Waals surface area (Å²) in [4.78, 5) is 24.9. The van der Waals surface area contributed by atoms with Crippen molar-refractivity contribution in [3.8, 4) is 0 Å². The summed E-state index contributed by atoms with van der Waals surface area (Å²) in [6.07, 6.45) is 3.82. The first-order valence-electron chi connectivity index (χ1n) is 10.9. The van der Waals surface area contributed by atoms with Gasteiger partial charge in [-0.3, -0.25) is 9.48 Å². The molecule has 0 bridgehead atoms. The number of esters is 1. The van der Waals surface area contributed by atoms with Crippen molar-refractivity contribution in [1.29, 1.82) is 0 Å². The summed E-state index contributed by atoms with van der Waals surface area (Å²) in [7, 11) is 0. The third-order valence-electron chi connectivity index (χ3n) is 6.22. The fourth-order valence-electron chi connectivity index (χ4n) is 4.44. The average Bonchev–Trinajstić information content (AvgIpc) is 3.05. The van der Waals surface area contributed by atoms with Gasteiger partial charge in [0.15, 0.2) is 0 Å². The Labute approximate surface area is 180 Å². The van der Waals surface area contributed by atoms with E-state index in [0.29, 0.717) is 44.7 Å². The van der Waals surface area contributed by atoms with Crippen LogP contribution in [0.1, 0.15) is 58.3 Å². The molecule has 2 aliphatic heterocycles. The number of aryl methyl sites for hydroxylation is 2. The molecule has 166 valence electrons. The van der Waals surface area contributed by atoms with Crippen molar-refractivity contribution in [3.05, 3.63) is 52.6 Å². The third kappa shape index (κ3) is 4.63. The quantitative estimate of drug-likeness (QED) is 0.564. The maximum atomic E-state index is 13.3. The first-order chi connectivity index (χ1) is 15.0. The molecule has 1 spiro atoms. The summed E-state index contributed by atoms with van der Waals surface area (Å²) in [5.41, 5.74) is 2.65. The van der Waals surface area contributed by atoms with Crippen molar-refractivity contribution in [3.63, 3.8) is 0 Å². The molecule has 1 fully saturated rings. The lowest BCUT2D eigenvalue weighted by Crippen LogP contribution is -2.40. The van der Waals surface area contributed by atoms with Crippen molar-refractivity contribution in [1.82, 2.24) is 15.1 Å². The molecule has 1 aromatic heterocycles. The molecule has 7 nitrogen and oxygen atoms in total. The van der Waals surface area contributed by atoms with Crippen LogP contribution in [-0.2, 0) is 28.9 Å². The van der Waals surface area contributed by atoms with E-state index in [1.807, 2.05) is 11.6 Å². The Morgan fingerprint density at radius 2 is 2.16 bits per heavy atom. The standard InChI is InChI=1S/C23H28FN3O4/c1-2-18-20-19(14-23(15-25-21(20)28)7-11-30-12-8-23)27(26-18)9-4-10-31-22(29)16-5-3-6-17(24)13-16/h3,5-6,13H,2,4,7-12,14-15H2,1H3,(H,25,28). The van der Waals surface area contributed by atoms with Crippen LogP contribution in [0.15, 0.2) is 24.3 Å². The number of nitrogens with zero attached hydrogens (tertiary/aromatic N) is 2. The SMILES string of the molecule is CCc1nn(CCCOC(=O)c2cccc(F)c2)c2c1C(=O)NCC1(CCOCC1)C2. The lowest BCUT2D eigenvalue weighted by atomic mass is 9.76. The molecule has 0 radical (unpaired) electrons. The van der Waals surface area contributed by atoms with Crippen molar-refractivity contribution in [2.75, 3.05) is 26.4 Å². The van der Waals surface area contributed by atoms with E-state index in [1.54, 1.807) is 0 Å². The van der Waals surface area contributed by atoms with E-state index in [1.165, 1.54) is 18.2 Å². The van der Waals surface area contributed by atoms with Crippen LogP contribution in [0.4, 0.5) is 4.39 Å². The van der Waals surface area contributed by atoms with Gasteiger partial charge in [0.05, 0.1) is 29.1 Å². The minimum absolute atomic E-state index is 0.00813. The second kappa shape index (κ2) is 9.18. The smallest absolute Gasteiger partial charge is 0.338 e. The number of benzene rings is 1. The number of hydrogen-bond acceptors (Lipinski definition) is 5. The van der Waals surface area contributed by atoms with Gasteiger partial charge in [0.1, 0.15) is 5.82 Å². The topological polar surface area (TPSA) is 82.5 Å². The van der Waals surface area contributed by atoms with Gasteiger partial charge in [-0.15, -0.1) is 0 Å². The number of carbonyl (C=O) groups excluding carboxylic acids is 2. The zero-order chi connectivity index (χ0) is 21.8. The van der Waals surface area contributed by atoms with Crippen LogP contribution in [0.25, 0.3) is 0 Å². The molecular weight excluding hydrogens is 401 g/mol. The van der Waals surface area contributed by atoms with Crippen LogP contribution in [0.5, 0.6) is 0 Å². The Balaban J connectivity index is 1.45. The van der Waals surface area contributed by atoms with Gasteiger partial charge in [0, 0.05) is 32.7 Å². The zero-order valence-electron chi connectivity index (χ0n) is 17.8. The summed E-state index contributed by atoms with van der Waals surface area (Å²) in [6, 6.07) is 5.45. The summed E-state index contributed by atoms with van der Waals surface area (Å²) in [6.45, 7) is 4.79. The molecule has 3 heterocycles. The molecule has 1 amide bonds. The van der Waals surface area contributed by atoms with Crippen LogP contribution < -0.4 is 5.32 Å². The average molecular weight is 429 g/mol. The Morgan fingerprint density at radius 1 is 1.35 bits per heavy atom. The Bertz CT molecular complexity index is 966. The number of carbonyl (C=O) groups is 2. The number of amides is 1. The molecule has 1 saturated heterocycles. The number of nitrogens with one attached hydrogen (secondary N) is 1. The van der Waals surface area contributed by atoms with Crippen molar-refractivity contribution in [2.24, 2.45) is 5.41 Å². The predicted octanol–water partition coefficient (Wildman–Crippen LogP) is 2.91. The molecular formula is C23H28FN3O4. The highest BCUT2D eigenvalue weighted by atomic mass is 19.1. The molecule has 0 unspecified atom stereocenters. The third-order valence-corrected chi connectivity index (χ3v) is 6.22. The lowest BCUT2D eigenvalue weighted by molar-refractivity contribution is 0.0152. The van der Waals surface area contributed by atoms with Crippen LogP contribution in [-0.4, -0.2) is 48.0 Å². The molecule has 1 N–H and O–H groups in total. The molecule has 2 aromatic rings. The summed E-state index contributed by atoms with van der Waals surface area (Å²) < 4.78 is 26.0. The number of hydrogen-bond donors (Lipinski definition) is 1. The fourth-order valence-corrected chi connectivity index (χ4v) is 4.44. The van der Waals surface area contributed by atoms with Crippen molar-refractivity contribution >= 4 is 11.9 Å². The van der Waals surface area contributed by atoms with E-state index in [-0.39, 0.29) is 23.5 Å². The van der Waals surface area contributed by atoms with Gasteiger partial charge in [-0.25, -0.2) is 9.18 Å². The van der Waals surface area contributed by atoms with E-state index in [4.69, 9.17) is 14.6 Å². The highest BCUT2D eigenvalue weighted by Gasteiger charge is 2.39. The first kappa shape index (κ1) is 21.5. The second-order valence-corrected chi connectivity index (χ2v) is 8.32. The Kier molecular flexibility index (Phi) is 6.36. The number of halogens is 1. The Morgan fingerprint density at radius 3 is 2.90 bits per heavy atom. The number of rotatable bonds is 6. The zero-order valence-corrected chi connectivity index (χ0v) is 17.8. The number of ether oxygens (including phenoxy) is 2. The maximum absolute atomic E-state index is 13.3. The highest BCUT2D eigenvalue weighted by Crippen LogP contribution is 2.37. The van der Waals surface area contributed by atoms with Crippen molar-refractivity contribution < 1.29 is 23.5 Å².